The number of aromatic nitrogens is 3. The number of carbonyl (C=O) groups excluding carboxylic acids is 1. The van der Waals surface area contributed by atoms with Crippen LogP contribution in [0.1, 0.15) is 20.8 Å². The number of carbonyl (C=O) groups is 1. The molecular formula is C22H26FN5O3. The molecule has 1 amide bonds. The van der Waals surface area contributed by atoms with E-state index in [0.29, 0.717) is 17.3 Å². The van der Waals surface area contributed by atoms with Crippen LogP contribution in [0.15, 0.2) is 42.7 Å². The van der Waals surface area contributed by atoms with Gasteiger partial charge in [-0.15, -0.1) is 0 Å². The summed E-state index contributed by atoms with van der Waals surface area (Å²) in [5.41, 5.74) is 1.61. The summed E-state index contributed by atoms with van der Waals surface area (Å²) in [5, 5.41) is 3.12. The standard InChI is InChI=1S/C22H26FN5O3/c1-22(2,3)31-21(29)27-12-15(23)17(13-27)26-19-7-5-6-16(25-19)18-10-24-20-9-8-14(30-4)11-28(18)20/h5-11,15,17H,12-13H2,1-4H3,(H,25,26)/t15-,17-/m0/s1. The van der Waals surface area contributed by atoms with Crippen molar-refractivity contribution in [2.24, 2.45) is 0 Å². The van der Waals surface area contributed by atoms with E-state index in [4.69, 9.17) is 9.47 Å². The van der Waals surface area contributed by atoms with Gasteiger partial charge in [-0.05, 0) is 45.0 Å². The first kappa shape index (κ1) is 20.9. The van der Waals surface area contributed by atoms with E-state index in [0.717, 1.165) is 11.3 Å². The van der Waals surface area contributed by atoms with Gasteiger partial charge in [0, 0.05) is 6.54 Å². The number of halogens is 1. The molecule has 31 heavy (non-hydrogen) atoms. The van der Waals surface area contributed by atoms with Gasteiger partial charge in [0.15, 0.2) is 0 Å². The zero-order valence-electron chi connectivity index (χ0n) is 18.0. The summed E-state index contributed by atoms with van der Waals surface area (Å²) in [4.78, 5) is 22.7. The summed E-state index contributed by atoms with van der Waals surface area (Å²) < 4.78 is 27.2. The van der Waals surface area contributed by atoms with Crippen molar-refractivity contribution >= 4 is 17.6 Å². The van der Waals surface area contributed by atoms with Crippen molar-refractivity contribution in [1.29, 1.82) is 0 Å². The molecule has 0 radical (unpaired) electrons. The van der Waals surface area contributed by atoms with Crippen LogP contribution in [0.2, 0.25) is 0 Å². The van der Waals surface area contributed by atoms with E-state index in [1.807, 2.05) is 34.9 Å². The molecule has 1 saturated heterocycles. The van der Waals surface area contributed by atoms with Crippen molar-refractivity contribution in [1.82, 2.24) is 19.3 Å². The van der Waals surface area contributed by atoms with Crippen LogP contribution in [0.3, 0.4) is 0 Å². The molecule has 0 aromatic carbocycles. The van der Waals surface area contributed by atoms with Crippen molar-refractivity contribution in [3.8, 4) is 17.1 Å². The van der Waals surface area contributed by atoms with Crippen molar-refractivity contribution in [2.45, 2.75) is 38.6 Å². The lowest BCUT2D eigenvalue weighted by Crippen LogP contribution is -2.36. The number of amides is 1. The second kappa shape index (κ2) is 8.05. The number of alkyl halides is 1. The lowest BCUT2D eigenvalue weighted by Gasteiger charge is -2.24. The van der Waals surface area contributed by atoms with Gasteiger partial charge in [0.25, 0.3) is 0 Å². The summed E-state index contributed by atoms with van der Waals surface area (Å²) >= 11 is 0. The number of pyridine rings is 2. The number of hydrogen-bond acceptors (Lipinski definition) is 6. The first-order valence-corrected chi connectivity index (χ1v) is 10.1. The molecule has 4 heterocycles. The lowest BCUT2D eigenvalue weighted by atomic mass is 10.2. The fraction of sp³-hybridized carbons (Fsp3) is 0.409. The maximum atomic E-state index is 14.6. The molecule has 0 aliphatic carbocycles. The van der Waals surface area contributed by atoms with Crippen LogP contribution < -0.4 is 10.1 Å². The predicted octanol–water partition coefficient (Wildman–Crippen LogP) is 3.77. The average Bonchev–Trinajstić information content (AvgIpc) is 3.30. The van der Waals surface area contributed by atoms with E-state index < -0.39 is 23.9 Å². The molecule has 0 bridgehead atoms. The third-order valence-corrected chi connectivity index (χ3v) is 4.96. The molecule has 4 rings (SSSR count). The van der Waals surface area contributed by atoms with Gasteiger partial charge < -0.3 is 19.7 Å². The fourth-order valence-electron chi connectivity index (χ4n) is 3.49. The number of rotatable bonds is 4. The molecule has 8 nitrogen and oxygen atoms in total. The van der Waals surface area contributed by atoms with Gasteiger partial charge in [-0.1, -0.05) is 6.07 Å². The quantitative estimate of drug-likeness (QED) is 0.683. The van der Waals surface area contributed by atoms with E-state index in [1.54, 1.807) is 40.1 Å². The van der Waals surface area contributed by atoms with Crippen molar-refractivity contribution in [2.75, 3.05) is 25.5 Å². The largest absolute Gasteiger partial charge is 0.495 e. The molecule has 2 atom stereocenters. The maximum Gasteiger partial charge on any atom is 0.410 e. The fourth-order valence-corrected chi connectivity index (χ4v) is 3.49. The summed E-state index contributed by atoms with van der Waals surface area (Å²) in [6.07, 6.45) is 1.84. The highest BCUT2D eigenvalue weighted by atomic mass is 19.1. The van der Waals surface area contributed by atoms with Crippen LogP contribution >= 0.6 is 0 Å². The number of nitrogens with zero attached hydrogens (tertiary/aromatic N) is 4. The number of fused-ring (bicyclic) bond motifs is 1. The Bertz CT molecular complexity index is 1090. The zero-order valence-corrected chi connectivity index (χ0v) is 18.0. The highest BCUT2D eigenvalue weighted by Crippen LogP contribution is 2.25. The molecular weight excluding hydrogens is 401 g/mol. The van der Waals surface area contributed by atoms with Gasteiger partial charge in [-0.25, -0.2) is 19.2 Å². The second-order valence-electron chi connectivity index (χ2n) is 8.50. The average molecular weight is 427 g/mol. The normalized spacial score (nSPS) is 18.9. The number of methoxy groups -OCH3 is 1. The topological polar surface area (TPSA) is 81.0 Å². The summed E-state index contributed by atoms with van der Waals surface area (Å²) in [5.74, 6) is 1.23. The Morgan fingerprint density at radius 1 is 1.23 bits per heavy atom. The molecule has 1 fully saturated rings. The van der Waals surface area contributed by atoms with Crippen molar-refractivity contribution in [3.63, 3.8) is 0 Å². The maximum absolute atomic E-state index is 14.6. The SMILES string of the molecule is COc1ccc2ncc(-c3cccc(N[C@H]4CN(C(=O)OC(C)(C)C)C[C@@H]4F)n3)n2c1. The van der Waals surface area contributed by atoms with E-state index in [2.05, 4.69) is 15.3 Å². The zero-order chi connectivity index (χ0) is 22.2. The summed E-state index contributed by atoms with van der Waals surface area (Å²) in [7, 11) is 1.61. The smallest absolute Gasteiger partial charge is 0.410 e. The molecule has 0 unspecified atom stereocenters. The van der Waals surface area contributed by atoms with E-state index in [9.17, 15) is 9.18 Å². The van der Waals surface area contributed by atoms with Gasteiger partial charge >= 0.3 is 6.09 Å². The second-order valence-corrected chi connectivity index (χ2v) is 8.50. The summed E-state index contributed by atoms with van der Waals surface area (Å²) in [6, 6.07) is 8.62. The first-order valence-electron chi connectivity index (χ1n) is 10.1. The van der Waals surface area contributed by atoms with Crippen LogP contribution in [-0.2, 0) is 4.74 Å². The third-order valence-electron chi connectivity index (χ3n) is 4.96. The Labute approximate surface area is 180 Å². The van der Waals surface area contributed by atoms with Gasteiger partial charge in [0.05, 0.1) is 43.5 Å². The van der Waals surface area contributed by atoms with Gasteiger partial charge in [0.1, 0.15) is 29.0 Å². The number of likely N-dealkylation sites (tertiary alicyclic amines) is 1. The molecule has 1 aliphatic heterocycles. The number of ether oxygens (including phenoxy) is 2. The minimum absolute atomic E-state index is 0.0146. The van der Waals surface area contributed by atoms with Crippen LogP contribution in [0.25, 0.3) is 17.0 Å². The Hall–Kier alpha value is -3.36. The lowest BCUT2D eigenvalue weighted by molar-refractivity contribution is 0.0283. The Morgan fingerprint density at radius 3 is 2.77 bits per heavy atom. The Balaban J connectivity index is 1.51. The number of anilines is 1. The third kappa shape index (κ3) is 4.55. The van der Waals surface area contributed by atoms with E-state index in [-0.39, 0.29) is 13.1 Å². The molecule has 9 heteroatoms. The highest BCUT2D eigenvalue weighted by Gasteiger charge is 2.37. The van der Waals surface area contributed by atoms with Crippen LogP contribution in [0.4, 0.5) is 15.0 Å². The summed E-state index contributed by atoms with van der Waals surface area (Å²) in [6.45, 7) is 5.55. The minimum atomic E-state index is -1.22. The minimum Gasteiger partial charge on any atom is -0.495 e. The van der Waals surface area contributed by atoms with Gasteiger partial charge in [-0.3, -0.25) is 4.40 Å². The predicted molar refractivity (Wildman–Crippen MR) is 115 cm³/mol. The van der Waals surface area contributed by atoms with E-state index in [1.165, 1.54) is 4.90 Å². The van der Waals surface area contributed by atoms with Gasteiger partial charge in [-0.2, -0.15) is 0 Å². The number of nitrogens with one attached hydrogen (secondary N) is 1. The molecule has 164 valence electrons. The Morgan fingerprint density at radius 2 is 2.03 bits per heavy atom. The van der Waals surface area contributed by atoms with Crippen LogP contribution in [0, 0.1) is 0 Å². The molecule has 0 saturated carbocycles. The van der Waals surface area contributed by atoms with Crippen LogP contribution in [-0.4, -0.2) is 63.4 Å². The number of hydrogen-bond donors (Lipinski definition) is 1. The van der Waals surface area contributed by atoms with Gasteiger partial charge in [0.2, 0.25) is 0 Å². The molecule has 3 aromatic heterocycles. The molecule has 3 aromatic rings. The van der Waals surface area contributed by atoms with Crippen LogP contribution in [0.5, 0.6) is 5.75 Å². The Kier molecular flexibility index (Phi) is 5.43. The molecule has 1 aliphatic rings. The van der Waals surface area contributed by atoms with Crippen molar-refractivity contribution in [3.05, 3.63) is 42.7 Å². The number of imidazole rings is 1. The molecule has 0 spiro atoms. The highest BCUT2D eigenvalue weighted by molar-refractivity contribution is 5.69. The first-order chi connectivity index (χ1) is 14.7. The molecule has 1 N–H and O–H groups in total. The van der Waals surface area contributed by atoms with E-state index >= 15 is 0 Å². The van der Waals surface area contributed by atoms with Crippen molar-refractivity contribution < 1.29 is 18.7 Å². The monoisotopic (exact) mass is 427 g/mol.